The average molecular weight is 261 g/mol. The molecule has 3 rings (SSSR count). The summed E-state index contributed by atoms with van der Waals surface area (Å²) in [6, 6.07) is 5.51. The Hall–Kier alpha value is -1.88. The molecule has 1 aromatic heterocycles. The smallest absolute Gasteiger partial charge is 0.159 e. The molecule has 1 atom stereocenters. The van der Waals surface area contributed by atoms with Gasteiger partial charge in [0.25, 0.3) is 0 Å². The molecule has 2 aromatic rings. The molecule has 1 aliphatic heterocycles. The van der Waals surface area contributed by atoms with Crippen LogP contribution >= 0.6 is 0 Å². The molecule has 0 amide bonds. The van der Waals surface area contributed by atoms with Gasteiger partial charge in [-0.15, -0.1) is 0 Å². The maximum absolute atomic E-state index is 13.2. The largest absolute Gasteiger partial charge is 0.316 e. The summed E-state index contributed by atoms with van der Waals surface area (Å²) in [5.41, 5.74) is 1.18. The topological polar surface area (TPSA) is 37.8 Å². The minimum absolute atomic E-state index is 0.297. The van der Waals surface area contributed by atoms with E-state index in [1.54, 1.807) is 12.3 Å². The summed E-state index contributed by atoms with van der Waals surface area (Å²) < 4.78 is 26.2. The molecule has 1 aliphatic rings. The Bertz CT molecular complexity index is 595. The fourth-order valence-corrected chi connectivity index (χ4v) is 2.26. The Labute approximate surface area is 109 Å². The SMILES string of the molecule is Fc1ccc(-c2ccnc(C3CCNC3)n2)cc1F. The minimum Gasteiger partial charge on any atom is -0.316 e. The van der Waals surface area contributed by atoms with Gasteiger partial charge < -0.3 is 5.32 Å². The number of halogens is 2. The zero-order valence-electron chi connectivity index (χ0n) is 10.2. The highest BCUT2D eigenvalue weighted by Crippen LogP contribution is 2.23. The van der Waals surface area contributed by atoms with Gasteiger partial charge in [0.15, 0.2) is 11.6 Å². The van der Waals surface area contributed by atoms with Crippen molar-refractivity contribution in [1.82, 2.24) is 15.3 Å². The predicted molar refractivity (Wildman–Crippen MR) is 67.6 cm³/mol. The van der Waals surface area contributed by atoms with Gasteiger partial charge >= 0.3 is 0 Å². The first-order valence-electron chi connectivity index (χ1n) is 6.23. The lowest BCUT2D eigenvalue weighted by molar-refractivity contribution is 0.509. The zero-order chi connectivity index (χ0) is 13.2. The molecule has 1 unspecified atom stereocenters. The summed E-state index contributed by atoms with van der Waals surface area (Å²) in [7, 11) is 0. The number of hydrogen-bond acceptors (Lipinski definition) is 3. The van der Waals surface area contributed by atoms with Crippen molar-refractivity contribution in [3.8, 4) is 11.3 Å². The van der Waals surface area contributed by atoms with Gasteiger partial charge in [-0.2, -0.15) is 0 Å². The van der Waals surface area contributed by atoms with E-state index in [-0.39, 0.29) is 0 Å². The monoisotopic (exact) mass is 261 g/mol. The highest BCUT2D eigenvalue weighted by Gasteiger charge is 2.19. The number of nitrogens with zero attached hydrogens (tertiary/aromatic N) is 2. The van der Waals surface area contributed by atoms with Gasteiger partial charge in [0, 0.05) is 24.2 Å². The maximum Gasteiger partial charge on any atom is 0.159 e. The van der Waals surface area contributed by atoms with Crippen LogP contribution < -0.4 is 5.32 Å². The summed E-state index contributed by atoms with van der Waals surface area (Å²) in [5, 5.41) is 3.26. The molecule has 3 nitrogen and oxygen atoms in total. The quantitative estimate of drug-likeness (QED) is 0.902. The summed E-state index contributed by atoms with van der Waals surface area (Å²) >= 11 is 0. The number of nitrogens with one attached hydrogen (secondary N) is 1. The number of benzene rings is 1. The van der Waals surface area contributed by atoms with E-state index < -0.39 is 11.6 Å². The van der Waals surface area contributed by atoms with Crippen LogP contribution in [0.3, 0.4) is 0 Å². The van der Waals surface area contributed by atoms with Crippen molar-refractivity contribution in [2.75, 3.05) is 13.1 Å². The van der Waals surface area contributed by atoms with Gasteiger partial charge in [-0.25, -0.2) is 18.7 Å². The van der Waals surface area contributed by atoms with Crippen LogP contribution in [0.2, 0.25) is 0 Å². The fourth-order valence-electron chi connectivity index (χ4n) is 2.26. The van der Waals surface area contributed by atoms with E-state index in [4.69, 9.17) is 0 Å². The van der Waals surface area contributed by atoms with E-state index in [9.17, 15) is 8.78 Å². The van der Waals surface area contributed by atoms with Crippen LogP contribution in [0, 0.1) is 11.6 Å². The van der Waals surface area contributed by atoms with Crippen molar-refractivity contribution >= 4 is 0 Å². The zero-order valence-corrected chi connectivity index (χ0v) is 10.2. The van der Waals surface area contributed by atoms with E-state index in [0.29, 0.717) is 17.2 Å². The molecule has 1 aromatic carbocycles. The Morgan fingerprint density at radius 3 is 2.79 bits per heavy atom. The Kier molecular flexibility index (Phi) is 3.21. The minimum atomic E-state index is -0.861. The summed E-state index contributed by atoms with van der Waals surface area (Å²) in [4.78, 5) is 8.72. The Balaban J connectivity index is 1.95. The van der Waals surface area contributed by atoms with Gasteiger partial charge in [-0.3, -0.25) is 0 Å². The number of rotatable bonds is 2. The van der Waals surface area contributed by atoms with Gasteiger partial charge in [0.1, 0.15) is 5.82 Å². The fraction of sp³-hybridized carbons (Fsp3) is 0.286. The van der Waals surface area contributed by atoms with Crippen molar-refractivity contribution in [2.24, 2.45) is 0 Å². The molecular formula is C14H13F2N3. The molecule has 0 spiro atoms. The maximum atomic E-state index is 13.2. The Morgan fingerprint density at radius 1 is 1.16 bits per heavy atom. The highest BCUT2D eigenvalue weighted by molar-refractivity contribution is 5.58. The molecule has 19 heavy (non-hydrogen) atoms. The Morgan fingerprint density at radius 2 is 2.05 bits per heavy atom. The standard InChI is InChI=1S/C14H13F2N3/c15-11-2-1-9(7-12(11)16)13-4-6-18-14(19-13)10-3-5-17-8-10/h1-2,4,6-7,10,17H,3,5,8H2. The van der Waals surface area contributed by atoms with Gasteiger partial charge in [-0.1, -0.05) is 0 Å². The third-order valence-corrected chi connectivity index (χ3v) is 3.32. The first-order chi connectivity index (χ1) is 9.24. The molecule has 2 heterocycles. The van der Waals surface area contributed by atoms with Crippen molar-refractivity contribution in [3.63, 3.8) is 0 Å². The lowest BCUT2D eigenvalue weighted by Crippen LogP contribution is -2.10. The van der Waals surface area contributed by atoms with E-state index in [2.05, 4.69) is 15.3 Å². The summed E-state index contributed by atoms with van der Waals surface area (Å²) in [6.45, 7) is 1.82. The molecule has 0 radical (unpaired) electrons. The summed E-state index contributed by atoms with van der Waals surface area (Å²) in [6.07, 6.45) is 2.67. The molecular weight excluding hydrogens is 248 g/mol. The molecule has 0 saturated carbocycles. The number of hydrogen-bond donors (Lipinski definition) is 1. The molecule has 0 bridgehead atoms. The molecule has 1 saturated heterocycles. The molecule has 5 heteroatoms. The van der Waals surface area contributed by atoms with E-state index in [1.807, 2.05) is 0 Å². The van der Waals surface area contributed by atoms with Crippen LogP contribution in [0.15, 0.2) is 30.5 Å². The molecule has 1 N–H and O–H groups in total. The normalized spacial score (nSPS) is 18.7. The molecule has 98 valence electrons. The summed E-state index contributed by atoms with van der Waals surface area (Å²) in [5.74, 6) is -0.657. The van der Waals surface area contributed by atoms with Gasteiger partial charge in [0.2, 0.25) is 0 Å². The number of aromatic nitrogens is 2. The van der Waals surface area contributed by atoms with Crippen molar-refractivity contribution in [1.29, 1.82) is 0 Å². The van der Waals surface area contributed by atoms with Crippen LogP contribution in [0.4, 0.5) is 8.78 Å². The van der Waals surface area contributed by atoms with E-state index in [0.717, 1.165) is 37.5 Å². The molecule has 1 fully saturated rings. The van der Waals surface area contributed by atoms with Gasteiger partial charge in [0.05, 0.1) is 5.69 Å². The van der Waals surface area contributed by atoms with Crippen LogP contribution in [0.5, 0.6) is 0 Å². The van der Waals surface area contributed by atoms with Gasteiger partial charge in [-0.05, 0) is 37.2 Å². The second kappa shape index (κ2) is 5.01. The third kappa shape index (κ3) is 2.46. The average Bonchev–Trinajstić information content (AvgIpc) is 2.96. The van der Waals surface area contributed by atoms with Crippen molar-refractivity contribution in [3.05, 3.63) is 47.9 Å². The second-order valence-electron chi connectivity index (χ2n) is 4.62. The predicted octanol–water partition coefficient (Wildman–Crippen LogP) is 2.50. The van der Waals surface area contributed by atoms with Crippen LogP contribution in [-0.4, -0.2) is 23.1 Å². The first kappa shape index (κ1) is 12.2. The van der Waals surface area contributed by atoms with Crippen LogP contribution in [-0.2, 0) is 0 Å². The first-order valence-corrected chi connectivity index (χ1v) is 6.23. The van der Waals surface area contributed by atoms with Crippen molar-refractivity contribution < 1.29 is 8.78 Å². The molecule has 0 aliphatic carbocycles. The van der Waals surface area contributed by atoms with Crippen molar-refractivity contribution in [2.45, 2.75) is 12.3 Å². The third-order valence-electron chi connectivity index (χ3n) is 3.32. The van der Waals surface area contributed by atoms with E-state index >= 15 is 0 Å². The van der Waals surface area contributed by atoms with Crippen LogP contribution in [0.25, 0.3) is 11.3 Å². The lowest BCUT2D eigenvalue weighted by atomic mass is 10.1. The van der Waals surface area contributed by atoms with Crippen LogP contribution in [0.1, 0.15) is 18.2 Å². The van der Waals surface area contributed by atoms with E-state index in [1.165, 1.54) is 6.07 Å². The lowest BCUT2D eigenvalue weighted by Gasteiger charge is -2.08. The highest BCUT2D eigenvalue weighted by atomic mass is 19.2. The second-order valence-corrected chi connectivity index (χ2v) is 4.62.